The predicted molar refractivity (Wildman–Crippen MR) is 146 cm³/mol. The molecule has 0 spiro atoms. The standard InChI is InChI=1S/C30H40N4O4/c1-38-32-24(13-14-28(35)36)29-30(37)34(25-11-5-4-10-23(25)31-29)27-18-21-9-6-12-26(27)33(21)22-16-19-7-2-3-8-20(15-19)17-22/h4-5,10-11,19-22,26-27H,2-3,6-9,12-18H2,1H3,(H,35,36)/b32-24+/t19?,20?,21-,22?,26+,27+/m0/s1. The third kappa shape index (κ3) is 4.76. The van der Waals surface area contributed by atoms with E-state index in [4.69, 9.17) is 9.82 Å². The Hall–Kier alpha value is -2.74. The van der Waals surface area contributed by atoms with Crippen molar-refractivity contribution in [3.8, 4) is 0 Å². The number of fused-ring (bicyclic) bond motifs is 5. The molecule has 6 rings (SSSR count). The highest BCUT2D eigenvalue weighted by atomic mass is 16.6. The fraction of sp³-hybridized carbons (Fsp3) is 0.667. The maximum absolute atomic E-state index is 14.2. The first-order valence-corrected chi connectivity index (χ1v) is 14.6. The zero-order valence-corrected chi connectivity index (χ0v) is 22.4. The van der Waals surface area contributed by atoms with E-state index in [2.05, 4.69) is 10.1 Å². The molecule has 1 aromatic heterocycles. The largest absolute Gasteiger partial charge is 0.481 e. The summed E-state index contributed by atoms with van der Waals surface area (Å²) in [5.41, 5.74) is 1.92. The number of benzene rings is 1. The van der Waals surface area contributed by atoms with Crippen LogP contribution < -0.4 is 5.56 Å². The molecule has 2 saturated carbocycles. The molecule has 8 nitrogen and oxygen atoms in total. The van der Waals surface area contributed by atoms with Crippen LogP contribution in [0, 0.1) is 11.8 Å². The van der Waals surface area contributed by atoms with Crippen LogP contribution in [0.5, 0.6) is 0 Å². The van der Waals surface area contributed by atoms with Crippen LogP contribution in [-0.2, 0) is 9.63 Å². The van der Waals surface area contributed by atoms with Crippen LogP contribution >= 0.6 is 0 Å². The third-order valence-corrected chi connectivity index (χ3v) is 9.75. The topological polar surface area (TPSA) is 97.0 Å². The van der Waals surface area contributed by atoms with Gasteiger partial charge in [-0.15, -0.1) is 0 Å². The van der Waals surface area contributed by atoms with Gasteiger partial charge in [-0.1, -0.05) is 49.4 Å². The number of piperidine rings is 1. The van der Waals surface area contributed by atoms with Crippen molar-refractivity contribution in [2.75, 3.05) is 7.11 Å². The Morgan fingerprint density at radius 1 is 0.974 bits per heavy atom. The number of aromatic nitrogens is 2. The number of hydrogen-bond acceptors (Lipinski definition) is 6. The van der Waals surface area contributed by atoms with Gasteiger partial charge in [-0.2, -0.15) is 0 Å². The average Bonchev–Trinajstić information content (AvgIpc) is 3.01. The second-order valence-electron chi connectivity index (χ2n) is 12.0. The molecule has 0 radical (unpaired) electrons. The molecule has 5 atom stereocenters. The summed E-state index contributed by atoms with van der Waals surface area (Å²) in [7, 11) is 1.42. The van der Waals surface area contributed by atoms with Crippen molar-refractivity contribution in [2.24, 2.45) is 17.0 Å². The van der Waals surface area contributed by atoms with Crippen LogP contribution in [0.15, 0.2) is 34.2 Å². The van der Waals surface area contributed by atoms with Gasteiger partial charge in [0.1, 0.15) is 12.8 Å². The Morgan fingerprint density at radius 3 is 2.47 bits per heavy atom. The van der Waals surface area contributed by atoms with E-state index in [0.717, 1.165) is 35.7 Å². The fourth-order valence-electron chi connectivity index (χ4n) is 8.37. The summed E-state index contributed by atoms with van der Waals surface area (Å²) in [6, 6.07) is 9.40. The summed E-state index contributed by atoms with van der Waals surface area (Å²) < 4.78 is 1.99. The van der Waals surface area contributed by atoms with Gasteiger partial charge < -0.3 is 14.5 Å². The van der Waals surface area contributed by atoms with Crippen molar-refractivity contribution >= 4 is 22.7 Å². The van der Waals surface area contributed by atoms with Gasteiger partial charge in [0.25, 0.3) is 5.56 Å². The monoisotopic (exact) mass is 520 g/mol. The molecule has 4 bridgehead atoms. The number of para-hydroxylation sites is 2. The van der Waals surface area contributed by atoms with E-state index < -0.39 is 5.97 Å². The van der Waals surface area contributed by atoms with Crippen molar-refractivity contribution in [2.45, 2.75) is 108 Å². The second-order valence-corrected chi connectivity index (χ2v) is 12.0. The van der Waals surface area contributed by atoms with Crippen LogP contribution in [0.4, 0.5) is 0 Å². The summed E-state index contributed by atoms with van der Waals surface area (Å²) in [6.45, 7) is 0. The molecule has 38 heavy (non-hydrogen) atoms. The number of carboxylic acid groups (broad SMARTS) is 1. The van der Waals surface area contributed by atoms with Crippen LogP contribution in [-0.4, -0.2) is 56.5 Å². The number of nitrogens with zero attached hydrogens (tertiary/aromatic N) is 4. The van der Waals surface area contributed by atoms with Crippen LogP contribution in [0.1, 0.15) is 95.2 Å². The van der Waals surface area contributed by atoms with Crippen LogP contribution in [0.2, 0.25) is 0 Å². The number of aliphatic carboxylic acids is 1. The first-order valence-electron chi connectivity index (χ1n) is 14.6. The Kier molecular flexibility index (Phi) is 7.25. The number of hydrogen-bond donors (Lipinski definition) is 1. The summed E-state index contributed by atoms with van der Waals surface area (Å²) in [5, 5.41) is 13.3. The highest BCUT2D eigenvalue weighted by Crippen LogP contribution is 2.49. The Balaban J connectivity index is 1.40. The molecule has 1 N–H and O–H groups in total. The second kappa shape index (κ2) is 10.8. The molecule has 8 heteroatoms. The first-order chi connectivity index (χ1) is 18.5. The zero-order chi connectivity index (χ0) is 26.2. The smallest absolute Gasteiger partial charge is 0.303 e. The van der Waals surface area contributed by atoms with Crippen LogP contribution in [0.25, 0.3) is 11.0 Å². The SMILES string of the molecule is CO/N=C(\CCC(=O)O)c1nc2ccccc2n([C@@H]2C[C@@H]3CCC[C@H]2N3C2CC3CCCCC(C3)C2)c1=O. The lowest BCUT2D eigenvalue weighted by Crippen LogP contribution is -2.51. The molecule has 2 aliphatic carbocycles. The van der Waals surface area contributed by atoms with Crippen molar-refractivity contribution in [1.82, 2.24) is 14.5 Å². The quantitative estimate of drug-likeness (QED) is 0.401. The first kappa shape index (κ1) is 25.5. The number of rotatable bonds is 7. The highest BCUT2D eigenvalue weighted by molar-refractivity contribution is 6.00. The summed E-state index contributed by atoms with van der Waals surface area (Å²) in [6.07, 6.45) is 14.1. The van der Waals surface area contributed by atoms with E-state index in [-0.39, 0.29) is 30.1 Å². The molecule has 3 heterocycles. The maximum atomic E-state index is 14.2. The minimum atomic E-state index is -0.941. The van der Waals surface area contributed by atoms with Crippen molar-refractivity contribution in [3.05, 3.63) is 40.3 Å². The number of carboxylic acids is 1. The van der Waals surface area contributed by atoms with Crippen molar-refractivity contribution in [3.63, 3.8) is 0 Å². The normalized spacial score (nSPS) is 31.8. The molecule has 1 aromatic carbocycles. The van der Waals surface area contributed by atoms with E-state index in [1.165, 1.54) is 64.9 Å². The van der Waals surface area contributed by atoms with Gasteiger partial charge in [-0.3, -0.25) is 14.5 Å². The van der Waals surface area contributed by atoms with E-state index in [9.17, 15) is 14.7 Å². The molecule has 0 amide bonds. The molecule has 2 aliphatic heterocycles. The Morgan fingerprint density at radius 2 is 1.74 bits per heavy atom. The Labute approximate surface area is 224 Å². The van der Waals surface area contributed by atoms with Crippen LogP contribution in [0.3, 0.4) is 0 Å². The van der Waals surface area contributed by atoms with E-state index in [1.807, 2.05) is 28.8 Å². The average molecular weight is 521 g/mol. The van der Waals surface area contributed by atoms with Gasteiger partial charge >= 0.3 is 5.97 Å². The van der Waals surface area contributed by atoms with Gasteiger partial charge in [0.2, 0.25) is 0 Å². The van der Waals surface area contributed by atoms with E-state index >= 15 is 0 Å². The molecular formula is C30H40N4O4. The summed E-state index contributed by atoms with van der Waals surface area (Å²) in [4.78, 5) is 38.1. The predicted octanol–water partition coefficient (Wildman–Crippen LogP) is 5.14. The minimum Gasteiger partial charge on any atom is -0.481 e. The maximum Gasteiger partial charge on any atom is 0.303 e. The highest BCUT2D eigenvalue weighted by Gasteiger charge is 2.49. The fourth-order valence-corrected chi connectivity index (χ4v) is 8.37. The number of oxime groups is 1. The lowest BCUT2D eigenvalue weighted by Gasteiger charge is -2.46. The summed E-state index contributed by atoms with van der Waals surface area (Å²) >= 11 is 0. The molecule has 2 unspecified atom stereocenters. The molecule has 2 aromatic rings. The molecule has 204 valence electrons. The summed E-state index contributed by atoms with van der Waals surface area (Å²) in [5.74, 6) is 0.779. The molecule has 2 saturated heterocycles. The minimum absolute atomic E-state index is 0.0777. The van der Waals surface area contributed by atoms with Gasteiger partial charge in [0, 0.05) is 24.5 Å². The van der Waals surface area contributed by atoms with E-state index in [1.54, 1.807) is 0 Å². The lowest BCUT2D eigenvalue weighted by molar-refractivity contribution is -0.136. The number of carbonyl (C=O) groups is 1. The zero-order valence-electron chi connectivity index (χ0n) is 22.4. The lowest BCUT2D eigenvalue weighted by atomic mass is 9.76. The third-order valence-electron chi connectivity index (χ3n) is 9.75. The molecule has 4 aliphatic rings. The van der Waals surface area contributed by atoms with Crippen molar-refractivity contribution < 1.29 is 14.7 Å². The molecular weight excluding hydrogens is 480 g/mol. The Bertz CT molecular complexity index is 1260. The van der Waals surface area contributed by atoms with Gasteiger partial charge in [0.15, 0.2) is 5.69 Å². The van der Waals surface area contributed by atoms with Crippen molar-refractivity contribution in [1.29, 1.82) is 0 Å². The van der Waals surface area contributed by atoms with Gasteiger partial charge in [-0.05, 0) is 62.5 Å². The van der Waals surface area contributed by atoms with Gasteiger partial charge in [0.05, 0.1) is 23.5 Å². The van der Waals surface area contributed by atoms with E-state index in [0.29, 0.717) is 23.8 Å². The molecule has 4 fully saturated rings. The van der Waals surface area contributed by atoms with Gasteiger partial charge in [-0.25, -0.2) is 4.98 Å².